The molecule has 3 N–H and O–H groups in total. The van der Waals surface area contributed by atoms with E-state index in [0.29, 0.717) is 40.7 Å². The normalized spacial score (nSPS) is 22.4. The standard InChI is InChI=1S/C35H53N5O7/c1-22-19-40(23(2)21-41)34(43)29-18-28(36-33(42)27-13-8-7-9-14-27)15-16-30(29)46-24(3)12-10-11-17-45-31(22)20-39(6)35(44)37-32-25(4)38-47-26(32)5/h15-16,18,22-24,27,31,41H,7-14,17,19-21H2,1-6H3,(H,36,42)(H,37,44)/t22-,23+,24-,31+/m0/s1. The zero-order chi connectivity index (χ0) is 34.1. The van der Waals surface area contributed by atoms with Gasteiger partial charge in [0, 0.05) is 44.3 Å². The van der Waals surface area contributed by atoms with Crippen molar-refractivity contribution in [3.8, 4) is 5.75 Å². The molecule has 1 aromatic carbocycles. The van der Waals surface area contributed by atoms with Crippen molar-refractivity contribution in [1.82, 2.24) is 15.0 Å². The summed E-state index contributed by atoms with van der Waals surface area (Å²) in [6.07, 6.45) is 6.86. The molecule has 0 unspecified atom stereocenters. The van der Waals surface area contributed by atoms with Gasteiger partial charge in [-0.25, -0.2) is 4.79 Å². The fraction of sp³-hybridized carbons (Fsp3) is 0.657. The molecule has 2 aliphatic rings. The van der Waals surface area contributed by atoms with Crippen LogP contribution in [0.4, 0.5) is 16.2 Å². The molecule has 0 bridgehead atoms. The number of fused-ring (bicyclic) bond motifs is 1. The Morgan fingerprint density at radius 1 is 1.09 bits per heavy atom. The van der Waals surface area contributed by atoms with Gasteiger partial charge in [0.15, 0.2) is 5.76 Å². The van der Waals surface area contributed by atoms with E-state index in [1.54, 1.807) is 55.8 Å². The number of amides is 4. The molecule has 12 heteroatoms. The second kappa shape index (κ2) is 17.0. The number of nitrogens with one attached hydrogen (secondary N) is 2. The molecule has 1 aliphatic heterocycles. The molecule has 2 heterocycles. The molecule has 47 heavy (non-hydrogen) atoms. The van der Waals surface area contributed by atoms with Crippen LogP contribution in [0, 0.1) is 25.7 Å². The molecule has 1 saturated carbocycles. The second-order valence-corrected chi connectivity index (χ2v) is 13.3. The van der Waals surface area contributed by atoms with Gasteiger partial charge in [-0.2, -0.15) is 0 Å². The molecule has 2 aromatic rings. The number of carbonyl (C=O) groups is 3. The molecule has 1 fully saturated rings. The summed E-state index contributed by atoms with van der Waals surface area (Å²) in [6.45, 7) is 10.1. The number of hydrogen-bond donors (Lipinski definition) is 3. The molecular weight excluding hydrogens is 602 g/mol. The summed E-state index contributed by atoms with van der Waals surface area (Å²) in [4.78, 5) is 43.8. The quantitative estimate of drug-likeness (QED) is 0.341. The summed E-state index contributed by atoms with van der Waals surface area (Å²) >= 11 is 0. The van der Waals surface area contributed by atoms with Crippen LogP contribution in [-0.2, 0) is 9.53 Å². The third-order valence-corrected chi connectivity index (χ3v) is 9.36. The number of aryl methyl sites for hydroxylation is 2. The maximum absolute atomic E-state index is 14.4. The van der Waals surface area contributed by atoms with Crippen molar-refractivity contribution in [3.05, 3.63) is 35.2 Å². The fourth-order valence-electron chi connectivity index (χ4n) is 6.29. The van der Waals surface area contributed by atoms with Crippen LogP contribution in [0.1, 0.15) is 93.9 Å². The number of ether oxygens (including phenoxy) is 2. The zero-order valence-corrected chi connectivity index (χ0v) is 28.8. The van der Waals surface area contributed by atoms with Crippen molar-refractivity contribution in [1.29, 1.82) is 0 Å². The molecule has 260 valence electrons. The number of aliphatic hydroxyl groups excluding tert-OH is 1. The summed E-state index contributed by atoms with van der Waals surface area (Å²) < 4.78 is 17.9. The number of nitrogens with zero attached hydrogens (tertiary/aromatic N) is 3. The highest BCUT2D eigenvalue weighted by atomic mass is 16.5. The van der Waals surface area contributed by atoms with E-state index in [1.165, 1.54) is 0 Å². The topological polar surface area (TPSA) is 146 Å². The first kappa shape index (κ1) is 36.2. The molecule has 12 nitrogen and oxygen atoms in total. The largest absolute Gasteiger partial charge is 0.490 e. The van der Waals surface area contributed by atoms with E-state index in [1.807, 2.05) is 13.8 Å². The van der Waals surface area contributed by atoms with Crippen molar-refractivity contribution >= 4 is 29.2 Å². The smallest absolute Gasteiger partial charge is 0.321 e. The predicted octanol–water partition coefficient (Wildman–Crippen LogP) is 5.77. The minimum absolute atomic E-state index is 0.0241. The number of urea groups is 1. The van der Waals surface area contributed by atoms with Gasteiger partial charge in [0.25, 0.3) is 5.91 Å². The predicted molar refractivity (Wildman–Crippen MR) is 180 cm³/mol. The zero-order valence-electron chi connectivity index (χ0n) is 28.8. The van der Waals surface area contributed by atoms with E-state index in [4.69, 9.17) is 14.0 Å². The van der Waals surface area contributed by atoms with E-state index < -0.39 is 12.1 Å². The highest BCUT2D eigenvalue weighted by Crippen LogP contribution is 2.30. The van der Waals surface area contributed by atoms with Crippen molar-refractivity contribution in [3.63, 3.8) is 0 Å². The van der Waals surface area contributed by atoms with Crippen LogP contribution in [-0.4, -0.2) is 89.5 Å². The monoisotopic (exact) mass is 655 g/mol. The van der Waals surface area contributed by atoms with Crippen LogP contribution in [0.25, 0.3) is 0 Å². The minimum atomic E-state index is -0.509. The molecule has 4 rings (SSSR count). The summed E-state index contributed by atoms with van der Waals surface area (Å²) in [7, 11) is 1.70. The molecular formula is C35H53N5O7. The number of carbonyl (C=O) groups excluding carboxylic acids is 3. The Labute approximate surface area is 278 Å². The highest BCUT2D eigenvalue weighted by molar-refractivity contribution is 6.00. The lowest BCUT2D eigenvalue weighted by atomic mass is 9.88. The number of hydrogen-bond acceptors (Lipinski definition) is 8. The average molecular weight is 656 g/mol. The lowest BCUT2D eigenvalue weighted by molar-refractivity contribution is -0.120. The van der Waals surface area contributed by atoms with Crippen molar-refractivity contribution in [2.75, 3.05) is 44.0 Å². The third kappa shape index (κ3) is 9.70. The van der Waals surface area contributed by atoms with Crippen LogP contribution < -0.4 is 15.4 Å². The lowest BCUT2D eigenvalue weighted by Gasteiger charge is -2.35. The van der Waals surface area contributed by atoms with E-state index >= 15 is 0 Å². The molecule has 0 saturated heterocycles. The molecule has 1 aromatic heterocycles. The Morgan fingerprint density at radius 3 is 2.49 bits per heavy atom. The van der Waals surface area contributed by atoms with Gasteiger partial charge in [-0.1, -0.05) is 31.3 Å². The van der Waals surface area contributed by atoms with E-state index in [2.05, 4.69) is 15.8 Å². The van der Waals surface area contributed by atoms with Gasteiger partial charge < -0.3 is 39.5 Å². The summed E-state index contributed by atoms with van der Waals surface area (Å²) in [5.74, 6) is 0.398. The van der Waals surface area contributed by atoms with Crippen LogP contribution in [0.5, 0.6) is 5.75 Å². The fourth-order valence-corrected chi connectivity index (χ4v) is 6.29. The summed E-state index contributed by atoms with van der Waals surface area (Å²) in [6, 6.07) is 4.41. The van der Waals surface area contributed by atoms with Crippen LogP contribution in [0.3, 0.4) is 0 Å². The highest BCUT2D eigenvalue weighted by Gasteiger charge is 2.31. The Kier molecular flexibility index (Phi) is 13.1. The first-order valence-corrected chi connectivity index (χ1v) is 17.1. The van der Waals surface area contributed by atoms with Gasteiger partial charge in [-0.15, -0.1) is 0 Å². The maximum atomic E-state index is 14.4. The average Bonchev–Trinajstić information content (AvgIpc) is 3.38. The van der Waals surface area contributed by atoms with Crippen LogP contribution >= 0.6 is 0 Å². The van der Waals surface area contributed by atoms with Crippen molar-refractivity contribution in [2.45, 2.75) is 104 Å². The Hall–Kier alpha value is -3.64. The first-order valence-electron chi connectivity index (χ1n) is 17.1. The van der Waals surface area contributed by atoms with Gasteiger partial charge in [0.05, 0.1) is 30.4 Å². The van der Waals surface area contributed by atoms with Gasteiger partial charge in [-0.3, -0.25) is 9.59 Å². The number of anilines is 2. The number of benzene rings is 1. The Bertz CT molecular complexity index is 1340. The number of aliphatic hydroxyl groups is 1. The second-order valence-electron chi connectivity index (χ2n) is 13.3. The molecule has 4 atom stereocenters. The van der Waals surface area contributed by atoms with Crippen molar-refractivity contribution < 1.29 is 33.5 Å². The molecule has 0 spiro atoms. The third-order valence-electron chi connectivity index (χ3n) is 9.36. The minimum Gasteiger partial charge on any atom is -0.490 e. The van der Waals surface area contributed by atoms with E-state index in [-0.39, 0.29) is 55.5 Å². The van der Waals surface area contributed by atoms with Crippen LogP contribution in [0.2, 0.25) is 0 Å². The van der Waals surface area contributed by atoms with E-state index in [0.717, 1.165) is 51.4 Å². The Morgan fingerprint density at radius 2 is 1.81 bits per heavy atom. The maximum Gasteiger partial charge on any atom is 0.321 e. The number of rotatable bonds is 7. The summed E-state index contributed by atoms with van der Waals surface area (Å²) in [5.41, 5.74) is 2.01. The Balaban J connectivity index is 1.58. The first-order chi connectivity index (χ1) is 22.5. The number of aromatic nitrogens is 1. The lowest BCUT2D eigenvalue weighted by Crippen LogP contribution is -2.48. The van der Waals surface area contributed by atoms with E-state index in [9.17, 15) is 19.5 Å². The molecule has 4 amide bonds. The summed E-state index contributed by atoms with van der Waals surface area (Å²) in [5, 5.41) is 20.1. The van der Waals surface area contributed by atoms with Crippen molar-refractivity contribution in [2.24, 2.45) is 11.8 Å². The van der Waals surface area contributed by atoms with Gasteiger partial charge in [0.2, 0.25) is 5.91 Å². The SMILES string of the molecule is Cc1noc(C)c1NC(=O)N(C)C[C@H]1OCCCC[C@H](C)Oc2ccc(NC(=O)C3CCCCC3)cc2C(=O)N([C@H](C)CO)C[C@@H]1C. The van der Waals surface area contributed by atoms with Gasteiger partial charge >= 0.3 is 6.03 Å². The van der Waals surface area contributed by atoms with Crippen LogP contribution in [0.15, 0.2) is 22.7 Å². The molecule has 0 radical (unpaired) electrons. The number of likely N-dealkylation sites (N-methyl/N-ethyl adjacent to an activating group) is 1. The molecule has 1 aliphatic carbocycles. The van der Waals surface area contributed by atoms with Gasteiger partial charge in [0.1, 0.15) is 17.1 Å². The van der Waals surface area contributed by atoms with Gasteiger partial charge in [-0.05, 0) is 78.0 Å².